The van der Waals surface area contributed by atoms with Crippen molar-refractivity contribution in [1.29, 1.82) is 0 Å². The minimum absolute atomic E-state index is 0.0831. The minimum atomic E-state index is -1.34. The van der Waals surface area contributed by atoms with Crippen LogP contribution in [0.5, 0.6) is 0 Å². The zero-order chi connectivity index (χ0) is 10.4. The van der Waals surface area contributed by atoms with Gasteiger partial charge < -0.3 is 21.1 Å². The van der Waals surface area contributed by atoms with Crippen molar-refractivity contribution in [2.45, 2.75) is 31.4 Å². The zero-order valence-electron chi connectivity index (χ0n) is 7.01. The molecule has 0 aliphatic heterocycles. The molecular formula is C7H13NO5. The highest BCUT2D eigenvalue weighted by Gasteiger charge is 2.21. The molecule has 0 radical (unpaired) electrons. The quantitative estimate of drug-likeness (QED) is 0.428. The number of carboxylic acid groups (broad SMARTS) is 2. The molecule has 0 heterocycles. The first-order valence-corrected chi connectivity index (χ1v) is 3.83. The van der Waals surface area contributed by atoms with Crippen LogP contribution in [0.4, 0.5) is 0 Å². The fourth-order valence-corrected chi connectivity index (χ4v) is 0.807. The lowest BCUT2D eigenvalue weighted by molar-refractivity contribution is -0.141. The van der Waals surface area contributed by atoms with Gasteiger partial charge in [0.1, 0.15) is 6.04 Å². The fraction of sp³-hybridized carbons (Fsp3) is 0.714. The van der Waals surface area contributed by atoms with E-state index in [1.807, 2.05) is 0 Å². The van der Waals surface area contributed by atoms with Crippen LogP contribution < -0.4 is 5.73 Å². The first kappa shape index (κ1) is 11.9. The Labute approximate surface area is 75.0 Å². The van der Waals surface area contributed by atoms with Crippen LogP contribution >= 0.6 is 0 Å². The largest absolute Gasteiger partial charge is 0.481 e. The summed E-state index contributed by atoms with van der Waals surface area (Å²) in [5.74, 6) is -2.26. The Morgan fingerprint density at radius 2 is 1.85 bits per heavy atom. The Morgan fingerprint density at radius 3 is 2.23 bits per heavy atom. The van der Waals surface area contributed by atoms with Gasteiger partial charge in [0.2, 0.25) is 0 Å². The summed E-state index contributed by atoms with van der Waals surface area (Å²) in [4.78, 5) is 20.3. The van der Waals surface area contributed by atoms with Crippen LogP contribution in [0.2, 0.25) is 0 Å². The maximum absolute atomic E-state index is 10.2. The highest BCUT2D eigenvalue weighted by atomic mass is 16.4. The lowest BCUT2D eigenvalue weighted by atomic mass is 10.1. The Morgan fingerprint density at radius 1 is 1.31 bits per heavy atom. The van der Waals surface area contributed by atoms with Gasteiger partial charge in [0.05, 0.1) is 6.10 Å². The molecule has 0 aliphatic rings. The third kappa shape index (κ3) is 5.15. The van der Waals surface area contributed by atoms with Crippen molar-refractivity contribution in [1.82, 2.24) is 0 Å². The predicted octanol–water partition coefficient (Wildman–Crippen LogP) is -0.986. The summed E-state index contributed by atoms with van der Waals surface area (Å²) in [7, 11) is 0. The Bertz CT molecular complexity index is 193. The second-order valence-corrected chi connectivity index (χ2v) is 2.72. The van der Waals surface area contributed by atoms with Crippen LogP contribution in [-0.4, -0.2) is 39.4 Å². The lowest BCUT2D eigenvalue weighted by Gasteiger charge is -2.13. The maximum Gasteiger partial charge on any atom is 0.323 e. The van der Waals surface area contributed by atoms with Gasteiger partial charge in [-0.1, -0.05) is 0 Å². The molecular weight excluding hydrogens is 178 g/mol. The van der Waals surface area contributed by atoms with Crippen molar-refractivity contribution in [2.75, 3.05) is 0 Å². The molecule has 2 unspecified atom stereocenters. The second-order valence-electron chi connectivity index (χ2n) is 2.72. The molecule has 0 fully saturated rings. The number of aliphatic hydroxyl groups excluding tert-OH is 1. The van der Waals surface area contributed by atoms with Gasteiger partial charge in [0, 0.05) is 6.42 Å². The van der Waals surface area contributed by atoms with E-state index < -0.39 is 24.1 Å². The molecule has 0 aromatic heterocycles. The van der Waals surface area contributed by atoms with E-state index in [0.717, 1.165) is 0 Å². The van der Waals surface area contributed by atoms with E-state index in [-0.39, 0.29) is 19.3 Å². The lowest BCUT2D eigenvalue weighted by Crippen LogP contribution is -2.41. The molecule has 0 aliphatic carbocycles. The van der Waals surface area contributed by atoms with E-state index in [1.54, 1.807) is 0 Å². The number of rotatable bonds is 6. The normalized spacial score (nSPS) is 14.9. The van der Waals surface area contributed by atoms with Gasteiger partial charge in [0.15, 0.2) is 0 Å². The fourth-order valence-electron chi connectivity index (χ4n) is 0.807. The summed E-state index contributed by atoms with van der Waals surface area (Å²) in [5, 5.41) is 25.7. The number of hydrogen-bond acceptors (Lipinski definition) is 4. The van der Waals surface area contributed by atoms with Gasteiger partial charge in [-0.05, 0) is 12.8 Å². The van der Waals surface area contributed by atoms with Crippen molar-refractivity contribution in [3.8, 4) is 0 Å². The molecule has 6 nitrogen and oxygen atoms in total. The molecule has 13 heavy (non-hydrogen) atoms. The molecule has 0 rings (SSSR count). The van der Waals surface area contributed by atoms with E-state index in [1.165, 1.54) is 0 Å². The summed E-state index contributed by atoms with van der Waals surface area (Å²) < 4.78 is 0. The molecule has 0 spiro atoms. The summed E-state index contributed by atoms with van der Waals surface area (Å²) in [6.45, 7) is 0. The van der Waals surface area contributed by atoms with Crippen LogP contribution in [0.15, 0.2) is 0 Å². The first-order valence-electron chi connectivity index (χ1n) is 3.83. The van der Waals surface area contributed by atoms with Crippen molar-refractivity contribution in [3.05, 3.63) is 0 Å². The van der Waals surface area contributed by atoms with E-state index in [0.29, 0.717) is 0 Å². The number of carboxylic acids is 2. The molecule has 0 aromatic rings. The van der Waals surface area contributed by atoms with Crippen LogP contribution in [0.1, 0.15) is 19.3 Å². The van der Waals surface area contributed by atoms with Gasteiger partial charge in [-0.2, -0.15) is 0 Å². The molecule has 5 N–H and O–H groups in total. The monoisotopic (exact) mass is 191 g/mol. The van der Waals surface area contributed by atoms with Crippen LogP contribution in [-0.2, 0) is 9.59 Å². The van der Waals surface area contributed by atoms with Crippen LogP contribution in [0, 0.1) is 0 Å². The Kier molecular flexibility index (Phi) is 5.01. The number of carbonyl (C=O) groups is 2. The topological polar surface area (TPSA) is 121 Å². The number of hydrogen-bond donors (Lipinski definition) is 4. The SMILES string of the molecule is NC(C(=O)O)C(O)CCCC(=O)O. The van der Waals surface area contributed by atoms with E-state index in [4.69, 9.17) is 21.1 Å². The summed E-state index contributed by atoms with van der Waals surface area (Å²) in [6, 6.07) is -1.34. The average Bonchev–Trinajstić information content (AvgIpc) is 2.02. The Balaban J connectivity index is 3.67. The highest BCUT2D eigenvalue weighted by molar-refractivity contribution is 5.73. The van der Waals surface area contributed by atoms with Gasteiger partial charge >= 0.3 is 11.9 Å². The molecule has 0 aromatic carbocycles. The first-order chi connectivity index (χ1) is 5.95. The number of aliphatic hydroxyl groups is 1. The van der Waals surface area contributed by atoms with Crippen molar-refractivity contribution >= 4 is 11.9 Å². The van der Waals surface area contributed by atoms with Crippen molar-refractivity contribution in [2.24, 2.45) is 5.73 Å². The van der Waals surface area contributed by atoms with Crippen molar-refractivity contribution in [3.63, 3.8) is 0 Å². The van der Waals surface area contributed by atoms with Gasteiger partial charge in [-0.25, -0.2) is 0 Å². The maximum atomic E-state index is 10.2. The predicted molar refractivity (Wildman–Crippen MR) is 43.1 cm³/mol. The summed E-state index contributed by atoms with van der Waals surface area (Å²) >= 11 is 0. The Hall–Kier alpha value is -1.14. The van der Waals surface area contributed by atoms with Gasteiger partial charge in [-0.3, -0.25) is 9.59 Å². The molecule has 76 valence electrons. The smallest absolute Gasteiger partial charge is 0.323 e. The van der Waals surface area contributed by atoms with Crippen LogP contribution in [0.25, 0.3) is 0 Å². The van der Waals surface area contributed by atoms with Gasteiger partial charge in [0.25, 0.3) is 0 Å². The molecule has 2 atom stereocenters. The van der Waals surface area contributed by atoms with Crippen LogP contribution in [0.3, 0.4) is 0 Å². The molecule has 0 amide bonds. The molecule has 0 bridgehead atoms. The standard InChI is InChI=1S/C7H13NO5/c8-6(7(12)13)4(9)2-1-3-5(10)11/h4,6,9H,1-3,8H2,(H,10,11)(H,12,13). The van der Waals surface area contributed by atoms with Crippen molar-refractivity contribution < 1.29 is 24.9 Å². The summed E-state index contributed by atoms with van der Waals surface area (Å²) in [5.41, 5.74) is 5.08. The summed E-state index contributed by atoms with van der Waals surface area (Å²) in [6.07, 6.45) is -0.974. The third-order valence-corrected chi connectivity index (χ3v) is 1.59. The highest BCUT2D eigenvalue weighted by Crippen LogP contribution is 2.03. The number of aliphatic carboxylic acids is 2. The second kappa shape index (κ2) is 5.50. The average molecular weight is 191 g/mol. The zero-order valence-corrected chi connectivity index (χ0v) is 7.01. The molecule has 6 heteroatoms. The van der Waals surface area contributed by atoms with E-state index in [2.05, 4.69) is 0 Å². The van der Waals surface area contributed by atoms with Gasteiger partial charge in [-0.15, -0.1) is 0 Å². The number of nitrogens with two attached hydrogens (primary N) is 1. The molecule has 0 saturated carbocycles. The minimum Gasteiger partial charge on any atom is -0.481 e. The van der Waals surface area contributed by atoms with E-state index in [9.17, 15) is 9.59 Å². The van der Waals surface area contributed by atoms with E-state index >= 15 is 0 Å². The molecule has 0 saturated heterocycles. The third-order valence-electron chi connectivity index (χ3n) is 1.59.